The summed E-state index contributed by atoms with van der Waals surface area (Å²) in [5.41, 5.74) is 0.584. The van der Waals surface area contributed by atoms with Crippen molar-refractivity contribution in [3.05, 3.63) is 33.8 Å². The Balaban J connectivity index is 2.33. The van der Waals surface area contributed by atoms with E-state index in [0.29, 0.717) is 5.69 Å². The predicted octanol–water partition coefficient (Wildman–Crippen LogP) is 2.89. The lowest BCUT2D eigenvalue weighted by molar-refractivity contribution is 0.00636. The number of fused-ring (bicyclic) bond motifs is 1. The van der Waals surface area contributed by atoms with Crippen LogP contribution >= 0.6 is 22.6 Å². The highest BCUT2D eigenvalue weighted by Gasteiger charge is 2.20. The van der Waals surface area contributed by atoms with Crippen LogP contribution in [0.15, 0.2) is 24.5 Å². The van der Waals surface area contributed by atoms with Gasteiger partial charge in [0.1, 0.15) is 11.2 Å². The molecule has 0 fully saturated rings. The molecule has 4 nitrogen and oxygen atoms in total. The third-order valence-corrected chi connectivity index (χ3v) is 2.70. The first-order valence-corrected chi connectivity index (χ1v) is 6.31. The van der Waals surface area contributed by atoms with Gasteiger partial charge >= 0.3 is 5.97 Å². The molecule has 17 heavy (non-hydrogen) atoms. The maximum absolute atomic E-state index is 11.8. The van der Waals surface area contributed by atoms with Gasteiger partial charge in [-0.15, -0.1) is 0 Å². The number of nitrogens with zero attached hydrogens (tertiary/aromatic N) is 2. The highest BCUT2D eigenvalue weighted by atomic mass is 127. The lowest BCUT2D eigenvalue weighted by Gasteiger charge is -2.18. The van der Waals surface area contributed by atoms with E-state index in [0.717, 1.165) is 9.22 Å². The van der Waals surface area contributed by atoms with Crippen molar-refractivity contribution in [1.29, 1.82) is 0 Å². The summed E-state index contributed by atoms with van der Waals surface area (Å²) in [7, 11) is 0. The maximum Gasteiger partial charge on any atom is 0.359 e. The minimum absolute atomic E-state index is 0.335. The van der Waals surface area contributed by atoms with Gasteiger partial charge in [0.25, 0.3) is 0 Å². The molecule has 0 aliphatic heterocycles. The van der Waals surface area contributed by atoms with Crippen LogP contribution in [0.2, 0.25) is 0 Å². The molecular formula is C12H13IN2O2. The molecule has 2 aromatic rings. The number of carbonyl (C=O) groups is 1. The van der Waals surface area contributed by atoms with Crippen LogP contribution in [-0.4, -0.2) is 21.0 Å². The molecule has 0 saturated heterocycles. The summed E-state index contributed by atoms with van der Waals surface area (Å²) >= 11 is 2.21. The minimum atomic E-state index is -0.499. The molecule has 2 heterocycles. The first-order valence-electron chi connectivity index (χ1n) is 5.23. The fourth-order valence-corrected chi connectivity index (χ4v) is 1.83. The van der Waals surface area contributed by atoms with Gasteiger partial charge < -0.3 is 9.14 Å². The minimum Gasteiger partial charge on any atom is -0.455 e. The van der Waals surface area contributed by atoms with Crippen LogP contribution in [0.25, 0.3) is 5.65 Å². The van der Waals surface area contributed by atoms with Crippen molar-refractivity contribution in [2.75, 3.05) is 0 Å². The zero-order valence-corrected chi connectivity index (χ0v) is 12.1. The summed E-state index contributed by atoms with van der Waals surface area (Å²) < 4.78 is 8.15. The topological polar surface area (TPSA) is 43.6 Å². The molecule has 5 heteroatoms. The number of rotatable bonds is 1. The molecule has 90 valence electrons. The zero-order chi connectivity index (χ0) is 12.6. The number of esters is 1. The molecule has 2 aromatic heterocycles. The molecule has 0 amide bonds. The summed E-state index contributed by atoms with van der Waals surface area (Å²) in [6.07, 6.45) is 3.55. The van der Waals surface area contributed by atoms with E-state index < -0.39 is 11.6 Å². The Morgan fingerprint density at radius 3 is 2.82 bits per heavy atom. The normalized spacial score (nSPS) is 11.8. The van der Waals surface area contributed by atoms with E-state index in [2.05, 4.69) is 27.6 Å². The number of carbonyl (C=O) groups excluding carboxylic acids is 1. The van der Waals surface area contributed by atoms with Gasteiger partial charge in [-0.3, -0.25) is 0 Å². The van der Waals surface area contributed by atoms with Crippen LogP contribution in [0.3, 0.4) is 0 Å². The summed E-state index contributed by atoms with van der Waals surface area (Å²) in [5.74, 6) is -0.392. The number of ether oxygens (including phenoxy) is 1. The van der Waals surface area contributed by atoms with Gasteiger partial charge in [0, 0.05) is 16.0 Å². The zero-order valence-electron chi connectivity index (χ0n) is 9.90. The van der Waals surface area contributed by atoms with Crippen LogP contribution in [0.1, 0.15) is 31.3 Å². The number of hydrogen-bond donors (Lipinski definition) is 0. The Kier molecular flexibility index (Phi) is 3.11. The average Bonchev–Trinajstić information content (AvgIpc) is 2.57. The van der Waals surface area contributed by atoms with Crippen LogP contribution in [0, 0.1) is 3.57 Å². The number of imidazole rings is 1. The molecule has 0 radical (unpaired) electrons. The van der Waals surface area contributed by atoms with Gasteiger partial charge in [0.05, 0.1) is 0 Å². The van der Waals surface area contributed by atoms with E-state index in [1.807, 2.05) is 39.1 Å². The third-order valence-electron chi connectivity index (χ3n) is 2.03. The Bertz CT molecular complexity index is 569. The van der Waals surface area contributed by atoms with Crippen molar-refractivity contribution < 1.29 is 9.53 Å². The summed E-state index contributed by atoms with van der Waals surface area (Å²) in [6.45, 7) is 5.51. The monoisotopic (exact) mass is 344 g/mol. The Morgan fingerprint density at radius 1 is 1.47 bits per heavy atom. The molecule has 0 saturated carbocycles. The largest absolute Gasteiger partial charge is 0.455 e. The molecule has 0 unspecified atom stereocenters. The number of halogens is 1. The molecule has 2 rings (SSSR count). The van der Waals surface area contributed by atoms with E-state index in [9.17, 15) is 4.79 Å². The fraction of sp³-hybridized carbons (Fsp3) is 0.333. The van der Waals surface area contributed by atoms with Crippen LogP contribution < -0.4 is 0 Å². The van der Waals surface area contributed by atoms with E-state index in [1.54, 1.807) is 10.6 Å². The molecule has 0 aliphatic rings. The van der Waals surface area contributed by atoms with E-state index in [-0.39, 0.29) is 0 Å². The highest BCUT2D eigenvalue weighted by molar-refractivity contribution is 14.1. The van der Waals surface area contributed by atoms with Crippen molar-refractivity contribution in [1.82, 2.24) is 9.38 Å². The maximum atomic E-state index is 11.8. The fourth-order valence-electron chi connectivity index (χ4n) is 1.39. The molecule has 0 aromatic carbocycles. The van der Waals surface area contributed by atoms with Crippen molar-refractivity contribution in [2.45, 2.75) is 26.4 Å². The Morgan fingerprint density at radius 2 is 2.18 bits per heavy atom. The van der Waals surface area contributed by atoms with Crippen molar-refractivity contribution >= 4 is 34.2 Å². The van der Waals surface area contributed by atoms with Crippen molar-refractivity contribution in [3.8, 4) is 0 Å². The third kappa shape index (κ3) is 2.96. The Hall–Kier alpha value is -1.11. The summed E-state index contributed by atoms with van der Waals surface area (Å²) in [6, 6.07) is 3.86. The SMILES string of the molecule is CC(C)(C)OC(=O)c1cn2ccc(I)cc2n1. The van der Waals surface area contributed by atoms with Gasteiger partial charge in [0.15, 0.2) is 5.69 Å². The first kappa shape index (κ1) is 12.3. The molecule has 0 atom stereocenters. The van der Waals surface area contributed by atoms with Crippen molar-refractivity contribution in [3.63, 3.8) is 0 Å². The second-order valence-electron chi connectivity index (χ2n) is 4.74. The van der Waals surface area contributed by atoms with Gasteiger partial charge in [-0.1, -0.05) is 0 Å². The predicted molar refractivity (Wildman–Crippen MR) is 73.1 cm³/mol. The second kappa shape index (κ2) is 4.29. The Labute approximate surface area is 113 Å². The molecule has 0 spiro atoms. The average molecular weight is 344 g/mol. The summed E-state index contributed by atoms with van der Waals surface area (Å²) in [5, 5.41) is 0. The smallest absolute Gasteiger partial charge is 0.359 e. The number of pyridine rings is 1. The molecule has 0 aliphatic carbocycles. The van der Waals surface area contributed by atoms with E-state index >= 15 is 0 Å². The van der Waals surface area contributed by atoms with E-state index in [4.69, 9.17) is 4.74 Å². The second-order valence-corrected chi connectivity index (χ2v) is 5.98. The van der Waals surface area contributed by atoms with Crippen LogP contribution in [0.4, 0.5) is 0 Å². The quantitative estimate of drug-likeness (QED) is 0.590. The van der Waals surface area contributed by atoms with Gasteiger partial charge in [0.2, 0.25) is 0 Å². The van der Waals surface area contributed by atoms with Gasteiger partial charge in [-0.25, -0.2) is 9.78 Å². The van der Waals surface area contributed by atoms with Crippen LogP contribution in [-0.2, 0) is 4.74 Å². The van der Waals surface area contributed by atoms with Gasteiger partial charge in [-0.05, 0) is 55.5 Å². The molecule has 0 N–H and O–H groups in total. The van der Waals surface area contributed by atoms with Gasteiger partial charge in [-0.2, -0.15) is 0 Å². The lowest BCUT2D eigenvalue weighted by Crippen LogP contribution is -2.24. The van der Waals surface area contributed by atoms with E-state index in [1.165, 1.54) is 0 Å². The highest BCUT2D eigenvalue weighted by Crippen LogP contribution is 2.14. The number of hydrogen-bond acceptors (Lipinski definition) is 3. The lowest BCUT2D eigenvalue weighted by atomic mass is 10.2. The molecular weight excluding hydrogens is 331 g/mol. The number of aromatic nitrogens is 2. The molecule has 0 bridgehead atoms. The van der Waals surface area contributed by atoms with Crippen molar-refractivity contribution in [2.24, 2.45) is 0 Å². The van der Waals surface area contributed by atoms with Crippen LogP contribution in [0.5, 0.6) is 0 Å². The standard InChI is InChI=1S/C12H13IN2O2/c1-12(2,3)17-11(16)9-7-15-5-4-8(13)6-10(15)14-9/h4-7H,1-3H3. The first-order chi connectivity index (χ1) is 7.85. The summed E-state index contributed by atoms with van der Waals surface area (Å²) in [4.78, 5) is 16.1.